The fourth-order valence-corrected chi connectivity index (χ4v) is 3.04. The second-order valence-electron chi connectivity index (χ2n) is 7.53. The van der Waals surface area contributed by atoms with E-state index in [9.17, 15) is 0 Å². The molecule has 2 heteroatoms. The molecule has 3 rings (SSSR count). The third kappa shape index (κ3) is 3.35. The van der Waals surface area contributed by atoms with Gasteiger partial charge < -0.3 is 10.1 Å². The van der Waals surface area contributed by atoms with Crippen LogP contribution in [0.25, 0.3) is 0 Å². The SMILES string of the molecule is CC(C)(C)C(CNC1CC1)CC1Cc2ccccc2O1. The Morgan fingerprint density at radius 3 is 2.65 bits per heavy atom. The first-order valence-electron chi connectivity index (χ1n) is 8.00. The molecular formula is C18H27NO. The van der Waals surface area contributed by atoms with Gasteiger partial charge in [0.15, 0.2) is 0 Å². The lowest BCUT2D eigenvalue weighted by atomic mass is 9.77. The summed E-state index contributed by atoms with van der Waals surface area (Å²) in [7, 11) is 0. The van der Waals surface area contributed by atoms with Crippen molar-refractivity contribution in [1.82, 2.24) is 5.32 Å². The monoisotopic (exact) mass is 273 g/mol. The van der Waals surface area contributed by atoms with Crippen molar-refractivity contribution in [3.63, 3.8) is 0 Å². The van der Waals surface area contributed by atoms with E-state index < -0.39 is 0 Å². The van der Waals surface area contributed by atoms with E-state index in [1.165, 1.54) is 18.4 Å². The van der Waals surface area contributed by atoms with Crippen molar-refractivity contribution < 1.29 is 4.74 Å². The predicted molar refractivity (Wildman–Crippen MR) is 83.1 cm³/mol. The average molecular weight is 273 g/mol. The van der Waals surface area contributed by atoms with E-state index in [0.29, 0.717) is 17.4 Å². The van der Waals surface area contributed by atoms with Gasteiger partial charge in [-0.25, -0.2) is 0 Å². The van der Waals surface area contributed by atoms with Crippen molar-refractivity contribution >= 4 is 0 Å². The third-order valence-corrected chi connectivity index (χ3v) is 4.72. The van der Waals surface area contributed by atoms with E-state index in [-0.39, 0.29) is 0 Å². The molecule has 0 saturated heterocycles. The van der Waals surface area contributed by atoms with Crippen LogP contribution in [0.4, 0.5) is 0 Å². The fraction of sp³-hybridized carbons (Fsp3) is 0.667. The van der Waals surface area contributed by atoms with Crippen LogP contribution in [-0.4, -0.2) is 18.7 Å². The van der Waals surface area contributed by atoms with Crippen LogP contribution >= 0.6 is 0 Å². The van der Waals surface area contributed by atoms with Crippen LogP contribution in [0.1, 0.15) is 45.6 Å². The number of hydrogen-bond acceptors (Lipinski definition) is 2. The first-order chi connectivity index (χ1) is 9.52. The minimum Gasteiger partial charge on any atom is -0.490 e. The zero-order chi connectivity index (χ0) is 14.2. The van der Waals surface area contributed by atoms with Crippen LogP contribution in [0.2, 0.25) is 0 Å². The number of ether oxygens (including phenoxy) is 1. The molecule has 0 amide bonds. The molecule has 2 unspecified atom stereocenters. The van der Waals surface area contributed by atoms with Crippen LogP contribution in [-0.2, 0) is 6.42 Å². The second-order valence-corrected chi connectivity index (χ2v) is 7.53. The molecule has 1 heterocycles. The minimum atomic E-state index is 0.333. The van der Waals surface area contributed by atoms with Crippen LogP contribution in [0, 0.1) is 11.3 Å². The first kappa shape index (κ1) is 13.9. The summed E-state index contributed by atoms with van der Waals surface area (Å²) in [6.07, 6.45) is 5.31. The number of para-hydroxylation sites is 1. The van der Waals surface area contributed by atoms with E-state index in [2.05, 4.69) is 50.4 Å². The van der Waals surface area contributed by atoms with Gasteiger partial charge in [-0.2, -0.15) is 0 Å². The molecule has 0 radical (unpaired) electrons. The molecule has 2 nitrogen and oxygen atoms in total. The number of rotatable bonds is 5. The van der Waals surface area contributed by atoms with Crippen molar-refractivity contribution in [3.8, 4) is 5.75 Å². The van der Waals surface area contributed by atoms with Gasteiger partial charge in [0.1, 0.15) is 11.9 Å². The summed E-state index contributed by atoms with van der Waals surface area (Å²) in [5.74, 6) is 1.77. The normalized spacial score (nSPS) is 23.2. The zero-order valence-corrected chi connectivity index (χ0v) is 13.0. The molecule has 2 atom stereocenters. The average Bonchev–Trinajstić information content (AvgIpc) is 3.11. The molecule has 1 saturated carbocycles. The van der Waals surface area contributed by atoms with E-state index >= 15 is 0 Å². The summed E-state index contributed by atoms with van der Waals surface area (Å²) in [6.45, 7) is 8.20. The molecule has 1 fully saturated rings. The van der Waals surface area contributed by atoms with Crippen molar-refractivity contribution in [2.24, 2.45) is 11.3 Å². The molecule has 0 spiro atoms. The molecule has 2 aliphatic rings. The minimum absolute atomic E-state index is 0.333. The molecule has 0 bridgehead atoms. The number of hydrogen-bond donors (Lipinski definition) is 1. The summed E-state index contributed by atoms with van der Waals surface area (Å²) in [5, 5.41) is 3.70. The highest BCUT2D eigenvalue weighted by molar-refractivity contribution is 5.37. The van der Waals surface area contributed by atoms with Gasteiger partial charge in [0.25, 0.3) is 0 Å². The third-order valence-electron chi connectivity index (χ3n) is 4.72. The first-order valence-corrected chi connectivity index (χ1v) is 8.00. The molecule has 20 heavy (non-hydrogen) atoms. The fourth-order valence-electron chi connectivity index (χ4n) is 3.04. The molecule has 0 aromatic heterocycles. The lowest BCUT2D eigenvalue weighted by Gasteiger charge is -2.33. The number of nitrogens with one attached hydrogen (secondary N) is 1. The van der Waals surface area contributed by atoms with Gasteiger partial charge in [-0.1, -0.05) is 39.0 Å². The summed E-state index contributed by atoms with van der Waals surface area (Å²) < 4.78 is 6.13. The standard InChI is InChI=1S/C18H27NO/c1-18(2,3)14(12-19-15-8-9-15)11-16-10-13-6-4-5-7-17(13)20-16/h4-7,14-16,19H,8-12H2,1-3H3. The maximum atomic E-state index is 6.13. The molecule has 1 aromatic carbocycles. The molecule has 110 valence electrons. The predicted octanol–water partition coefficient (Wildman–Crippen LogP) is 3.79. The van der Waals surface area contributed by atoms with Gasteiger partial charge in [-0.15, -0.1) is 0 Å². The molecule has 1 N–H and O–H groups in total. The smallest absolute Gasteiger partial charge is 0.123 e. The Morgan fingerprint density at radius 1 is 1.25 bits per heavy atom. The Morgan fingerprint density at radius 2 is 2.00 bits per heavy atom. The highest BCUT2D eigenvalue weighted by atomic mass is 16.5. The van der Waals surface area contributed by atoms with Gasteiger partial charge in [0, 0.05) is 12.5 Å². The summed E-state index contributed by atoms with van der Waals surface area (Å²) in [5.41, 5.74) is 1.71. The Labute approximate surface area is 122 Å². The topological polar surface area (TPSA) is 21.3 Å². The summed E-state index contributed by atoms with van der Waals surface area (Å²) in [6, 6.07) is 9.27. The van der Waals surface area contributed by atoms with Crippen molar-refractivity contribution in [1.29, 1.82) is 0 Å². The Hall–Kier alpha value is -1.02. The highest BCUT2D eigenvalue weighted by Crippen LogP contribution is 2.36. The zero-order valence-electron chi connectivity index (χ0n) is 13.0. The van der Waals surface area contributed by atoms with Crippen LogP contribution in [0.3, 0.4) is 0 Å². The Kier molecular flexibility index (Phi) is 3.76. The Bertz CT molecular complexity index is 434. The van der Waals surface area contributed by atoms with Crippen LogP contribution in [0.15, 0.2) is 24.3 Å². The van der Waals surface area contributed by atoms with Gasteiger partial charge in [-0.3, -0.25) is 0 Å². The lowest BCUT2D eigenvalue weighted by molar-refractivity contribution is 0.133. The van der Waals surface area contributed by atoms with E-state index in [1.807, 2.05) is 0 Å². The van der Waals surface area contributed by atoms with Gasteiger partial charge in [0.2, 0.25) is 0 Å². The number of fused-ring (bicyclic) bond motifs is 1. The maximum absolute atomic E-state index is 6.13. The van der Waals surface area contributed by atoms with E-state index in [1.54, 1.807) is 0 Å². The van der Waals surface area contributed by atoms with Crippen LogP contribution < -0.4 is 10.1 Å². The van der Waals surface area contributed by atoms with Crippen molar-refractivity contribution in [3.05, 3.63) is 29.8 Å². The molecule has 1 aliphatic carbocycles. The highest BCUT2D eigenvalue weighted by Gasteiger charge is 2.32. The van der Waals surface area contributed by atoms with Gasteiger partial charge in [0.05, 0.1) is 0 Å². The van der Waals surface area contributed by atoms with Crippen molar-refractivity contribution in [2.45, 2.75) is 58.6 Å². The molecule has 1 aromatic rings. The second kappa shape index (κ2) is 5.40. The number of benzene rings is 1. The molecular weight excluding hydrogens is 246 g/mol. The lowest BCUT2D eigenvalue weighted by Crippen LogP contribution is -2.36. The van der Waals surface area contributed by atoms with Crippen LogP contribution in [0.5, 0.6) is 5.75 Å². The van der Waals surface area contributed by atoms with Gasteiger partial charge >= 0.3 is 0 Å². The maximum Gasteiger partial charge on any atom is 0.123 e. The van der Waals surface area contributed by atoms with E-state index in [0.717, 1.165) is 31.2 Å². The molecule has 1 aliphatic heterocycles. The Balaban J connectivity index is 1.59. The summed E-state index contributed by atoms with van der Waals surface area (Å²) in [4.78, 5) is 0. The summed E-state index contributed by atoms with van der Waals surface area (Å²) >= 11 is 0. The largest absolute Gasteiger partial charge is 0.490 e. The van der Waals surface area contributed by atoms with Gasteiger partial charge in [-0.05, 0) is 48.8 Å². The van der Waals surface area contributed by atoms with E-state index in [4.69, 9.17) is 4.74 Å². The van der Waals surface area contributed by atoms with Crippen molar-refractivity contribution in [2.75, 3.05) is 6.54 Å². The quantitative estimate of drug-likeness (QED) is 0.881.